The van der Waals surface area contributed by atoms with Crippen LogP contribution in [0.4, 0.5) is 13.2 Å². The Kier molecular flexibility index (Phi) is 5.09. The molecule has 1 aliphatic heterocycles. The largest absolute Gasteiger partial charge is 0.387 e. The monoisotopic (exact) mass is 397 g/mol. The first-order valence-corrected chi connectivity index (χ1v) is 9.55. The summed E-state index contributed by atoms with van der Waals surface area (Å²) in [5, 5.41) is 7.05. The van der Waals surface area contributed by atoms with Gasteiger partial charge in [0.1, 0.15) is 17.5 Å². The minimum absolute atomic E-state index is 0.136. The number of hydrogen-bond acceptors (Lipinski definition) is 2. The molecule has 2 aromatic carbocycles. The summed E-state index contributed by atoms with van der Waals surface area (Å²) in [4.78, 5) is 3.06. The van der Waals surface area contributed by atoms with Gasteiger partial charge in [0, 0.05) is 35.1 Å². The Morgan fingerprint density at radius 1 is 1.10 bits per heavy atom. The molecule has 1 atom stereocenters. The molecular weight excluding hydrogens is 375 g/mol. The van der Waals surface area contributed by atoms with Gasteiger partial charge in [-0.1, -0.05) is 13.2 Å². The summed E-state index contributed by atoms with van der Waals surface area (Å²) in [5.41, 5.74) is 4.16. The predicted octanol–water partition coefficient (Wildman–Crippen LogP) is 5.16. The molecule has 1 aliphatic rings. The molecule has 0 bridgehead atoms. The molecule has 0 spiro atoms. The van der Waals surface area contributed by atoms with Gasteiger partial charge in [0.25, 0.3) is 0 Å². The van der Waals surface area contributed by atoms with Crippen LogP contribution in [0.1, 0.15) is 18.4 Å². The summed E-state index contributed by atoms with van der Waals surface area (Å²) in [6, 6.07) is 8.27. The number of aromatic nitrogens is 1. The van der Waals surface area contributed by atoms with E-state index < -0.39 is 11.6 Å². The van der Waals surface area contributed by atoms with Crippen LogP contribution in [-0.2, 0) is 6.42 Å². The molecule has 1 saturated heterocycles. The average molecular weight is 397 g/mol. The van der Waals surface area contributed by atoms with Crippen molar-refractivity contribution in [1.82, 2.24) is 15.6 Å². The average Bonchev–Trinajstić information content (AvgIpc) is 3.24. The van der Waals surface area contributed by atoms with Crippen LogP contribution in [0.5, 0.6) is 0 Å². The second-order valence-electron chi connectivity index (χ2n) is 7.34. The van der Waals surface area contributed by atoms with Crippen molar-refractivity contribution in [2.24, 2.45) is 0 Å². The van der Waals surface area contributed by atoms with E-state index in [2.05, 4.69) is 28.8 Å². The third-order valence-corrected chi connectivity index (χ3v) is 5.33. The molecule has 3 aromatic rings. The Balaban J connectivity index is 1.65. The quantitative estimate of drug-likeness (QED) is 0.537. The lowest BCUT2D eigenvalue weighted by atomic mass is 10.00. The third kappa shape index (κ3) is 3.88. The fourth-order valence-electron chi connectivity index (χ4n) is 3.82. The zero-order chi connectivity index (χ0) is 20.5. The SMILES string of the molecule is C=C(CCc1c(-c2ccc(F)cc2)[nH]c2c(F)cc(F)cc12)NC1CCNC1=C. The number of aromatic amines is 1. The Labute approximate surface area is 167 Å². The summed E-state index contributed by atoms with van der Waals surface area (Å²) in [6.07, 6.45) is 2.04. The van der Waals surface area contributed by atoms with E-state index in [0.29, 0.717) is 29.5 Å². The first-order chi connectivity index (χ1) is 13.9. The number of H-pyrrole nitrogens is 1. The van der Waals surface area contributed by atoms with Crippen LogP contribution in [0.3, 0.4) is 0 Å². The summed E-state index contributed by atoms with van der Waals surface area (Å²) in [6.45, 7) is 8.95. The number of aryl methyl sites for hydroxylation is 1. The molecule has 0 radical (unpaired) electrons. The van der Waals surface area contributed by atoms with Crippen molar-refractivity contribution >= 4 is 10.9 Å². The summed E-state index contributed by atoms with van der Waals surface area (Å²) < 4.78 is 41.6. The molecular formula is C23H22F3N3. The topological polar surface area (TPSA) is 39.9 Å². The maximum absolute atomic E-state index is 14.4. The van der Waals surface area contributed by atoms with Crippen molar-refractivity contribution in [3.8, 4) is 11.3 Å². The van der Waals surface area contributed by atoms with Crippen LogP contribution in [-0.4, -0.2) is 17.6 Å². The van der Waals surface area contributed by atoms with Crippen molar-refractivity contribution in [1.29, 1.82) is 0 Å². The number of fused-ring (bicyclic) bond motifs is 1. The molecule has 3 nitrogen and oxygen atoms in total. The molecule has 1 fully saturated rings. The summed E-state index contributed by atoms with van der Waals surface area (Å²) in [7, 11) is 0. The molecule has 0 saturated carbocycles. The van der Waals surface area contributed by atoms with E-state index in [4.69, 9.17) is 0 Å². The highest BCUT2D eigenvalue weighted by molar-refractivity contribution is 5.91. The lowest BCUT2D eigenvalue weighted by molar-refractivity contribution is 0.591. The predicted molar refractivity (Wildman–Crippen MR) is 110 cm³/mol. The molecule has 1 aromatic heterocycles. The van der Waals surface area contributed by atoms with Crippen molar-refractivity contribution < 1.29 is 13.2 Å². The number of hydrogen-bond donors (Lipinski definition) is 3. The highest BCUT2D eigenvalue weighted by Crippen LogP contribution is 2.33. The number of benzene rings is 2. The fraction of sp³-hybridized carbons (Fsp3) is 0.217. The van der Waals surface area contributed by atoms with E-state index in [1.165, 1.54) is 18.2 Å². The van der Waals surface area contributed by atoms with Crippen LogP contribution in [0.15, 0.2) is 61.0 Å². The van der Waals surface area contributed by atoms with Crippen LogP contribution >= 0.6 is 0 Å². The zero-order valence-corrected chi connectivity index (χ0v) is 15.9. The maximum Gasteiger partial charge on any atom is 0.150 e. The van der Waals surface area contributed by atoms with Crippen LogP contribution in [0.2, 0.25) is 0 Å². The van der Waals surface area contributed by atoms with Gasteiger partial charge in [-0.15, -0.1) is 0 Å². The second-order valence-corrected chi connectivity index (χ2v) is 7.34. The summed E-state index contributed by atoms with van der Waals surface area (Å²) >= 11 is 0. The maximum atomic E-state index is 14.4. The Hall–Kier alpha value is -3.15. The third-order valence-electron chi connectivity index (χ3n) is 5.33. The van der Waals surface area contributed by atoms with Crippen molar-refractivity contribution in [2.45, 2.75) is 25.3 Å². The van der Waals surface area contributed by atoms with Crippen LogP contribution in [0, 0.1) is 17.5 Å². The Morgan fingerprint density at radius 3 is 2.55 bits per heavy atom. The van der Waals surface area contributed by atoms with Crippen molar-refractivity contribution in [3.05, 3.63) is 84.0 Å². The molecule has 150 valence electrons. The van der Waals surface area contributed by atoms with E-state index in [0.717, 1.165) is 36.0 Å². The van der Waals surface area contributed by atoms with Gasteiger partial charge in [-0.05, 0) is 60.7 Å². The zero-order valence-electron chi connectivity index (χ0n) is 15.9. The summed E-state index contributed by atoms with van der Waals surface area (Å²) in [5.74, 6) is -1.64. The number of rotatable bonds is 6. The van der Waals surface area contributed by atoms with Gasteiger partial charge < -0.3 is 15.6 Å². The lowest BCUT2D eigenvalue weighted by Crippen LogP contribution is -2.28. The van der Waals surface area contributed by atoms with Gasteiger partial charge in [0.15, 0.2) is 0 Å². The molecule has 0 amide bonds. The van der Waals surface area contributed by atoms with E-state index in [9.17, 15) is 13.2 Å². The fourth-order valence-corrected chi connectivity index (χ4v) is 3.82. The van der Waals surface area contributed by atoms with E-state index in [-0.39, 0.29) is 17.4 Å². The molecule has 1 unspecified atom stereocenters. The lowest BCUT2D eigenvalue weighted by Gasteiger charge is -2.17. The number of halogens is 3. The van der Waals surface area contributed by atoms with Gasteiger partial charge in [-0.2, -0.15) is 0 Å². The number of nitrogens with one attached hydrogen (secondary N) is 3. The minimum atomic E-state index is -0.653. The van der Waals surface area contributed by atoms with Crippen LogP contribution in [0.25, 0.3) is 22.2 Å². The smallest absolute Gasteiger partial charge is 0.150 e. The van der Waals surface area contributed by atoms with Crippen molar-refractivity contribution in [3.63, 3.8) is 0 Å². The second kappa shape index (κ2) is 7.70. The molecule has 6 heteroatoms. The molecule has 29 heavy (non-hydrogen) atoms. The van der Waals surface area contributed by atoms with Gasteiger partial charge in [-0.25, -0.2) is 13.2 Å². The molecule has 2 heterocycles. The van der Waals surface area contributed by atoms with Crippen molar-refractivity contribution in [2.75, 3.05) is 6.54 Å². The van der Waals surface area contributed by atoms with E-state index in [1.807, 2.05) is 0 Å². The standard InChI is InChI=1S/C23H22F3N3/c1-13(28-21-9-10-27-14(21)2)3-8-18-19-11-17(25)12-20(26)23(19)29-22(18)15-4-6-16(24)7-5-15/h4-7,11-12,21,27-29H,1-3,8-10H2. The minimum Gasteiger partial charge on any atom is -0.387 e. The van der Waals surface area contributed by atoms with Gasteiger partial charge in [0.05, 0.1) is 11.6 Å². The Morgan fingerprint density at radius 2 is 1.86 bits per heavy atom. The highest BCUT2D eigenvalue weighted by Gasteiger charge is 2.20. The first kappa shape index (κ1) is 19.2. The molecule has 0 aliphatic carbocycles. The highest BCUT2D eigenvalue weighted by atomic mass is 19.1. The normalized spacial score (nSPS) is 16.2. The van der Waals surface area contributed by atoms with Gasteiger partial charge in [-0.3, -0.25) is 0 Å². The first-order valence-electron chi connectivity index (χ1n) is 9.55. The molecule has 4 rings (SSSR count). The van der Waals surface area contributed by atoms with Gasteiger partial charge in [0.2, 0.25) is 0 Å². The van der Waals surface area contributed by atoms with Crippen LogP contribution < -0.4 is 10.6 Å². The molecule has 3 N–H and O–H groups in total. The number of allylic oxidation sites excluding steroid dienone is 1. The van der Waals surface area contributed by atoms with E-state index in [1.54, 1.807) is 12.1 Å². The Bertz CT molecular complexity index is 1080. The van der Waals surface area contributed by atoms with E-state index >= 15 is 0 Å². The van der Waals surface area contributed by atoms with Gasteiger partial charge >= 0.3 is 0 Å².